The van der Waals surface area contributed by atoms with E-state index in [-0.39, 0.29) is 17.9 Å². The molecular weight excluding hydrogens is 498 g/mol. The van der Waals surface area contributed by atoms with Gasteiger partial charge in [-0.25, -0.2) is 9.64 Å². The average molecular weight is 528 g/mol. The van der Waals surface area contributed by atoms with Crippen molar-refractivity contribution in [3.05, 3.63) is 63.9 Å². The van der Waals surface area contributed by atoms with Gasteiger partial charge in [0.15, 0.2) is 5.69 Å². The number of benzene rings is 2. The van der Waals surface area contributed by atoms with Crippen LogP contribution in [0.4, 0.5) is 16.2 Å². The summed E-state index contributed by atoms with van der Waals surface area (Å²) < 4.78 is 11.4. The summed E-state index contributed by atoms with van der Waals surface area (Å²) in [6, 6.07) is 12.9. The zero-order valence-electron chi connectivity index (χ0n) is 20.0. The van der Waals surface area contributed by atoms with Crippen molar-refractivity contribution in [2.24, 2.45) is 5.92 Å². The minimum atomic E-state index is -0.553. The standard InChI is InChI=1S/C26H30BrN3O4/c1-26(2,3)34-25(32)29-14-12-19(13-15-29)24(31)30(17-18-6-9-21(33-5)10-7-18)23-11-8-20(28-4)16-22(23)27/h6-11,16,19H,12-15,17H2,1-3,5H3. The molecule has 0 radical (unpaired) electrons. The van der Waals surface area contributed by atoms with E-state index < -0.39 is 5.60 Å². The average Bonchev–Trinajstić information content (AvgIpc) is 2.81. The van der Waals surface area contributed by atoms with E-state index in [1.54, 1.807) is 35.1 Å². The van der Waals surface area contributed by atoms with E-state index in [1.165, 1.54) is 0 Å². The molecule has 180 valence electrons. The number of hydrogen-bond donors (Lipinski definition) is 0. The predicted octanol–water partition coefficient (Wildman–Crippen LogP) is 6.19. The Morgan fingerprint density at radius 1 is 1.15 bits per heavy atom. The highest BCUT2D eigenvalue weighted by Gasteiger charge is 2.33. The fourth-order valence-electron chi connectivity index (χ4n) is 3.84. The Morgan fingerprint density at radius 2 is 1.79 bits per heavy atom. The van der Waals surface area contributed by atoms with Gasteiger partial charge in [0, 0.05) is 23.5 Å². The van der Waals surface area contributed by atoms with E-state index in [0.717, 1.165) is 11.3 Å². The van der Waals surface area contributed by atoms with Crippen molar-refractivity contribution in [1.82, 2.24) is 4.90 Å². The Kier molecular flexibility index (Phi) is 8.21. The van der Waals surface area contributed by atoms with Gasteiger partial charge in [0.05, 0.1) is 25.9 Å². The Hall–Kier alpha value is -3.05. The number of methoxy groups -OCH3 is 1. The molecule has 1 heterocycles. The van der Waals surface area contributed by atoms with Gasteiger partial charge in [-0.3, -0.25) is 4.79 Å². The lowest BCUT2D eigenvalue weighted by Gasteiger charge is -2.35. The van der Waals surface area contributed by atoms with Gasteiger partial charge in [-0.05, 0) is 79.4 Å². The summed E-state index contributed by atoms with van der Waals surface area (Å²) in [7, 11) is 1.62. The van der Waals surface area contributed by atoms with Crippen LogP contribution in [0.5, 0.6) is 5.75 Å². The summed E-state index contributed by atoms with van der Waals surface area (Å²) in [5, 5.41) is 0. The number of carbonyl (C=O) groups is 2. The lowest BCUT2D eigenvalue weighted by Crippen LogP contribution is -2.45. The lowest BCUT2D eigenvalue weighted by molar-refractivity contribution is -0.124. The van der Waals surface area contributed by atoms with Gasteiger partial charge in [0.25, 0.3) is 0 Å². The molecule has 0 spiro atoms. The molecule has 0 aliphatic carbocycles. The zero-order valence-corrected chi connectivity index (χ0v) is 21.6. The molecule has 0 saturated carbocycles. The number of carbonyl (C=O) groups excluding carboxylic acids is 2. The Labute approximate surface area is 209 Å². The minimum Gasteiger partial charge on any atom is -0.497 e. The van der Waals surface area contributed by atoms with E-state index in [4.69, 9.17) is 16.0 Å². The van der Waals surface area contributed by atoms with Crippen molar-refractivity contribution >= 4 is 39.3 Å². The maximum Gasteiger partial charge on any atom is 0.410 e. The van der Waals surface area contributed by atoms with Crippen LogP contribution in [0, 0.1) is 12.5 Å². The first-order chi connectivity index (χ1) is 16.1. The molecule has 7 nitrogen and oxygen atoms in total. The fraction of sp³-hybridized carbons (Fsp3) is 0.423. The fourth-order valence-corrected chi connectivity index (χ4v) is 4.42. The largest absolute Gasteiger partial charge is 0.497 e. The van der Waals surface area contributed by atoms with Gasteiger partial charge < -0.3 is 19.3 Å². The summed E-state index contributed by atoms with van der Waals surface area (Å²) in [6.07, 6.45) is 0.787. The monoisotopic (exact) mass is 527 g/mol. The highest BCUT2D eigenvalue weighted by atomic mass is 79.9. The van der Waals surface area contributed by atoms with Gasteiger partial charge in [0.1, 0.15) is 11.4 Å². The molecule has 1 aliphatic rings. The van der Waals surface area contributed by atoms with E-state index >= 15 is 0 Å². The molecule has 3 rings (SSSR count). The molecule has 2 amide bonds. The van der Waals surface area contributed by atoms with Crippen LogP contribution in [-0.2, 0) is 16.1 Å². The molecule has 1 aliphatic heterocycles. The molecule has 0 bridgehead atoms. The smallest absolute Gasteiger partial charge is 0.410 e. The highest BCUT2D eigenvalue weighted by Crippen LogP contribution is 2.34. The third kappa shape index (κ3) is 6.51. The molecule has 1 fully saturated rings. The highest BCUT2D eigenvalue weighted by molar-refractivity contribution is 9.10. The maximum atomic E-state index is 13.7. The number of halogens is 1. The Morgan fingerprint density at radius 3 is 2.32 bits per heavy atom. The molecule has 34 heavy (non-hydrogen) atoms. The third-order valence-electron chi connectivity index (χ3n) is 5.61. The number of piperidine rings is 1. The van der Waals surface area contributed by atoms with Crippen LogP contribution < -0.4 is 9.64 Å². The number of ether oxygens (including phenoxy) is 2. The van der Waals surface area contributed by atoms with Crippen LogP contribution in [-0.4, -0.2) is 42.7 Å². The van der Waals surface area contributed by atoms with Crippen molar-refractivity contribution in [2.45, 2.75) is 45.8 Å². The van der Waals surface area contributed by atoms with E-state index in [0.29, 0.717) is 48.3 Å². The number of anilines is 1. The topological polar surface area (TPSA) is 63.4 Å². The maximum absolute atomic E-state index is 13.7. The van der Waals surface area contributed by atoms with E-state index in [2.05, 4.69) is 20.8 Å². The SMILES string of the molecule is [C-]#[N+]c1ccc(N(Cc2ccc(OC)cc2)C(=O)C2CCN(C(=O)OC(C)(C)C)CC2)c(Br)c1. The van der Waals surface area contributed by atoms with Crippen molar-refractivity contribution in [3.63, 3.8) is 0 Å². The lowest BCUT2D eigenvalue weighted by atomic mass is 9.95. The summed E-state index contributed by atoms with van der Waals surface area (Å²) in [4.78, 5) is 33.0. The number of hydrogen-bond acceptors (Lipinski definition) is 4. The third-order valence-corrected chi connectivity index (χ3v) is 6.25. The van der Waals surface area contributed by atoms with Crippen LogP contribution in [0.3, 0.4) is 0 Å². The van der Waals surface area contributed by atoms with Crippen molar-refractivity contribution in [1.29, 1.82) is 0 Å². The Balaban J connectivity index is 1.80. The van der Waals surface area contributed by atoms with Gasteiger partial charge in [-0.15, -0.1) is 0 Å². The number of nitrogens with zero attached hydrogens (tertiary/aromatic N) is 3. The van der Waals surface area contributed by atoms with Crippen molar-refractivity contribution in [2.75, 3.05) is 25.1 Å². The van der Waals surface area contributed by atoms with Crippen molar-refractivity contribution in [3.8, 4) is 5.75 Å². The predicted molar refractivity (Wildman–Crippen MR) is 135 cm³/mol. The number of amides is 2. The summed E-state index contributed by atoms with van der Waals surface area (Å²) >= 11 is 3.55. The zero-order chi connectivity index (χ0) is 24.9. The Bertz CT molecular complexity index is 1060. The van der Waals surface area contributed by atoms with Gasteiger partial charge in [-0.2, -0.15) is 0 Å². The first-order valence-corrected chi connectivity index (χ1v) is 12.0. The number of rotatable bonds is 5. The van der Waals surface area contributed by atoms with Crippen LogP contribution in [0.1, 0.15) is 39.2 Å². The molecular formula is C26H30BrN3O4. The number of likely N-dealkylation sites (tertiary alicyclic amines) is 1. The molecule has 8 heteroatoms. The second kappa shape index (κ2) is 10.9. The van der Waals surface area contributed by atoms with E-state index in [9.17, 15) is 9.59 Å². The summed E-state index contributed by atoms with van der Waals surface area (Å²) in [6.45, 7) is 14.1. The minimum absolute atomic E-state index is 0.00378. The molecule has 2 aromatic rings. The molecule has 0 atom stereocenters. The molecule has 1 saturated heterocycles. The quantitative estimate of drug-likeness (QED) is 0.435. The van der Waals surface area contributed by atoms with Gasteiger partial charge in [0.2, 0.25) is 5.91 Å². The summed E-state index contributed by atoms with van der Waals surface area (Å²) in [5.74, 6) is 0.527. The molecule has 0 aromatic heterocycles. The van der Waals surface area contributed by atoms with Crippen LogP contribution in [0.2, 0.25) is 0 Å². The van der Waals surface area contributed by atoms with Crippen LogP contribution in [0.25, 0.3) is 4.85 Å². The first kappa shape index (κ1) is 25.6. The van der Waals surface area contributed by atoms with Crippen LogP contribution >= 0.6 is 15.9 Å². The molecule has 0 N–H and O–H groups in total. The van der Waals surface area contributed by atoms with Crippen LogP contribution in [0.15, 0.2) is 46.9 Å². The van der Waals surface area contributed by atoms with Gasteiger partial charge >= 0.3 is 6.09 Å². The van der Waals surface area contributed by atoms with E-state index in [1.807, 2.05) is 45.0 Å². The summed E-state index contributed by atoms with van der Waals surface area (Å²) in [5.41, 5.74) is 1.62. The first-order valence-electron chi connectivity index (χ1n) is 11.2. The molecule has 0 unspecified atom stereocenters. The van der Waals surface area contributed by atoms with Gasteiger partial charge in [-0.1, -0.05) is 18.2 Å². The molecule has 2 aromatic carbocycles. The second-order valence-electron chi connectivity index (χ2n) is 9.26. The second-order valence-corrected chi connectivity index (χ2v) is 10.1. The normalized spacial score (nSPS) is 14.3. The van der Waals surface area contributed by atoms with Crippen molar-refractivity contribution < 1.29 is 19.1 Å².